The monoisotopic (exact) mass is 1290 g/mol. The second kappa shape index (κ2) is 38.4. The molecule has 2 fully saturated rings. The maximum atomic E-state index is 12.9. The maximum absolute atomic E-state index is 12.9. The number of ether oxygens (including phenoxy) is 2. The van der Waals surface area contributed by atoms with Gasteiger partial charge < -0.3 is 51.2 Å². The van der Waals surface area contributed by atoms with Gasteiger partial charge in [-0.1, -0.05) is 81.7 Å². The summed E-state index contributed by atoms with van der Waals surface area (Å²) in [6, 6.07) is 40.9. The van der Waals surface area contributed by atoms with E-state index in [0.29, 0.717) is 60.8 Å². The van der Waals surface area contributed by atoms with Crippen molar-refractivity contribution < 1.29 is 58.0 Å². The molecule has 0 aromatic heterocycles. The molecule has 85 heavy (non-hydrogen) atoms. The van der Waals surface area contributed by atoms with Gasteiger partial charge in [0, 0.05) is 98.2 Å². The molecule has 2 heterocycles. The predicted octanol–water partition coefficient (Wildman–Crippen LogP) is 8.91. The summed E-state index contributed by atoms with van der Waals surface area (Å²) >= 11 is 34.6. The highest BCUT2D eigenvalue weighted by atomic mass is 35.5. The fraction of sp³-hybridized carbons (Fsp3) is 0.241. The third kappa shape index (κ3) is 27.4. The summed E-state index contributed by atoms with van der Waals surface area (Å²) in [5, 5.41) is 25.2. The van der Waals surface area contributed by atoms with Crippen molar-refractivity contribution in [1.29, 1.82) is 0 Å². The molecule has 0 spiro atoms. The van der Waals surface area contributed by atoms with Gasteiger partial charge in [-0.3, -0.25) is 53.5 Å². The SMILES string of the molecule is CC(=O)O.COCCN(CC(=O)N1CC(=O)N(c2ccc(Cl)cc2)C1)C(=O)c1cccc(Cl)c1.COCCN(CC(=O)O)C(=O)c1cccc(Cl)c1.NCC(=O)Nc1ccc(Cl)cc1.Nc1ccc(Cl)cc1.O=C1CNCN1c1ccc(Cl)cc1. The fourth-order valence-electron chi connectivity index (χ4n) is 7.03. The van der Waals surface area contributed by atoms with Crippen molar-refractivity contribution in [3.63, 3.8) is 0 Å². The van der Waals surface area contributed by atoms with Crippen molar-refractivity contribution in [2.75, 3.05) is 107 Å². The summed E-state index contributed by atoms with van der Waals surface area (Å²) in [5.41, 5.74) is 14.2. The molecule has 0 atom stereocenters. The molecule has 8 rings (SSSR count). The van der Waals surface area contributed by atoms with Crippen LogP contribution in [-0.4, -0.2) is 159 Å². The van der Waals surface area contributed by atoms with Crippen LogP contribution in [0.15, 0.2) is 146 Å². The van der Waals surface area contributed by atoms with E-state index in [0.717, 1.165) is 23.3 Å². The molecule has 6 aromatic carbocycles. The number of nitrogens with one attached hydrogen (secondary N) is 2. The Labute approximate surface area is 521 Å². The van der Waals surface area contributed by atoms with Crippen molar-refractivity contribution in [3.8, 4) is 0 Å². The van der Waals surface area contributed by atoms with Gasteiger partial charge in [-0.15, -0.1) is 0 Å². The van der Waals surface area contributed by atoms with Crippen LogP contribution >= 0.6 is 69.6 Å². The van der Waals surface area contributed by atoms with E-state index < -0.39 is 11.9 Å². The Morgan fingerprint density at radius 3 is 1.41 bits per heavy atom. The number of rotatable bonds is 16. The van der Waals surface area contributed by atoms with Crippen molar-refractivity contribution >= 4 is 140 Å². The largest absolute Gasteiger partial charge is 0.481 e. The number of amides is 6. The molecule has 2 aliphatic heterocycles. The number of carbonyl (C=O) groups is 8. The summed E-state index contributed by atoms with van der Waals surface area (Å²) in [4.78, 5) is 99.3. The van der Waals surface area contributed by atoms with Gasteiger partial charge in [0.05, 0.1) is 33.0 Å². The van der Waals surface area contributed by atoms with Crippen molar-refractivity contribution in [2.24, 2.45) is 5.73 Å². The average Bonchev–Trinajstić information content (AvgIpc) is 4.16. The topological polar surface area (TPSA) is 288 Å². The van der Waals surface area contributed by atoms with Crippen LogP contribution in [-0.2, 0) is 38.2 Å². The van der Waals surface area contributed by atoms with Gasteiger partial charge in [0.25, 0.3) is 17.8 Å². The fourth-order valence-corrected chi connectivity index (χ4v) is 7.91. The van der Waals surface area contributed by atoms with Crippen LogP contribution in [0.1, 0.15) is 27.6 Å². The molecular weight excluding hydrogens is 1230 g/mol. The highest BCUT2D eigenvalue weighted by molar-refractivity contribution is 6.32. The number of benzene rings is 6. The number of halogens is 6. The van der Waals surface area contributed by atoms with Gasteiger partial charge in [0.1, 0.15) is 26.3 Å². The Balaban J connectivity index is 0.000000294. The molecule has 21 nitrogen and oxygen atoms in total. The number of carboxylic acids is 2. The number of carbonyl (C=O) groups excluding carboxylic acids is 6. The number of nitrogens with two attached hydrogens (primary N) is 2. The zero-order chi connectivity index (χ0) is 63.0. The third-order valence-electron chi connectivity index (χ3n) is 11.1. The zero-order valence-electron chi connectivity index (χ0n) is 46.3. The molecule has 2 aliphatic rings. The number of anilines is 4. The molecule has 27 heteroatoms. The van der Waals surface area contributed by atoms with E-state index in [4.69, 9.17) is 106 Å². The summed E-state index contributed by atoms with van der Waals surface area (Å²) in [5.74, 6) is -3.25. The summed E-state index contributed by atoms with van der Waals surface area (Å²) in [6.45, 7) is 2.60. The molecule has 0 aliphatic carbocycles. The maximum Gasteiger partial charge on any atom is 0.323 e. The van der Waals surface area contributed by atoms with E-state index in [2.05, 4.69) is 10.6 Å². The van der Waals surface area contributed by atoms with Gasteiger partial charge in [0.15, 0.2) is 0 Å². The Morgan fingerprint density at radius 2 is 1.02 bits per heavy atom. The molecule has 0 unspecified atom stereocenters. The molecule has 6 amide bonds. The number of methoxy groups -OCH3 is 2. The molecule has 454 valence electrons. The summed E-state index contributed by atoms with van der Waals surface area (Å²) < 4.78 is 9.92. The molecule has 8 N–H and O–H groups in total. The number of nitrogens with zero attached hydrogens (tertiary/aromatic N) is 5. The van der Waals surface area contributed by atoms with Gasteiger partial charge >= 0.3 is 5.97 Å². The quantitative estimate of drug-likeness (QED) is 0.0493. The first-order valence-corrected chi connectivity index (χ1v) is 27.6. The first-order valence-electron chi connectivity index (χ1n) is 25.3. The number of hydrogen-bond acceptors (Lipinski definition) is 13. The number of aliphatic carboxylic acids is 2. The lowest BCUT2D eigenvalue weighted by molar-refractivity contribution is -0.138. The van der Waals surface area contributed by atoms with Gasteiger partial charge in [-0.2, -0.15) is 0 Å². The van der Waals surface area contributed by atoms with E-state index in [1.807, 2.05) is 12.1 Å². The first kappa shape index (κ1) is 71.7. The highest BCUT2D eigenvalue weighted by Crippen LogP contribution is 2.23. The Hall–Kier alpha value is -7.54. The van der Waals surface area contributed by atoms with Crippen LogP contribution in [0.4, 0.5) is 22.7 Å². The average molecular weight is 1290 g/mol. The van der Waals surface area contributed by atoms with E-state index in [1.54, 1.807) is 132 Å². The number of hydrogen-bond donors (Lipinski definition) is 6. The molecule has 2 saturated heterocycles. The lowest BCUT2D eigenvalue weighted by Crippen LogP contribution is -2.44. The minimum Gasteiger partial charge on any atom is -0.481 e. The van der Waals surface area contributed by atoms with Crippen LogP contribution in [0.2, 0.25) is 30.1 Å². The van der Waals surface area contributed by atoms with Crippen LogP contribution < -0.4 is 31.9 Å². The van der Waals surface area contributed by atoms with E-state index in [9.17, 15) is 33.6 Å². The smallest absolute Gasteiger partial charge is 0.323 e. The highest BCUT2D eigenvalue weighted by Gasteiger charge is 2.33. The van der Waals surface area contributed by atoms with Gasteiger partial charge in [-0.05, 0) is 133 Å². The van der Waals surface area contributed by atoms with E-state index >= 15 is 0 Å². The normalized spacial score (nSPS) is 12.0. The van der Waals surface area contributed by atoms with Crippen LogP contribution in [0.3, 0.4) is 0 Å². The standard InChI is InChI=1S/C21H21Cl2N3O4.C12H14ClNO4.C9H9ClN2O.C8H9ClN2O.C6H6ClN.C2H4O2/c1-30-10-9-24(21(29)15-3-2-4-17(23)11-15)12-19(27)25-13-20(28)26(14-25)18-7-5-16(22)6-8-18;1-18-6-5-14(8-11(15)16)12(17)9-3-2-4-10(13)7-9;10-7-1-3-8(4-2-7)12-6-11-5-9(12)13;9-6-1-3-7(4-2-6)11-8(12)5-10;7-5-1-3-6(8)4-2-5;1-2(3)4/h2-8,11H,9-10,12-14H2,1H3;2-4,7H,5-6,8H2,1H3,(H,15,16);1-4,11H,5-6H2;1-4H,5,10H2,(H,11,12);1-4H,8H2;1H3,(H,3,4). The lowest BCUT2D eigenvalue weighted by atomic mass is 10.2. The van der Waals surface area contributed by atoms with Crippen LogP contribution in [0, 0.1) is 0 Å². The van der Waals surface area contributed by atoms with Crippen molar-refractivity contribution in [1.82, 2.24) is 20.0 Å². The van der Waals surface area contributed by atoms with Gasteiger partial charge in [-0.25, -0.2) is 0 Å². The minimum absolute atomic E-state index is 0.0113. The van der Waals surface area contributed by atoms with Crippen molar-refractivity contribution in [2.45, 2.75) is 6.92 Å². The molecule has 0 radical (unpaired) electrons. The Morgan fingerprint density at radius 1 is 0.600 bits per heavy atom. The molecule has 0 bridgehead atoms. The lowest BCUT2D eigenvalue weighted by Gasteiger charge is -2.25. The minimum atomic E-state index is -1.07. The third-order valence-corrected chi connectivity index (χ3v) is 12.6. The number of nitrogen functional groups attached to an aromatic ring is 1. The van der Waals surface area contributed by atoms with E-state index in [1.165, 1.54) is 39.9 Å². The second-order valence-corrected chi connectivity index (χ2v) is 20.2. The molecule has 0 saturated carbocycles. The Kier molecular flexibility index (Phi) is 32.4. The number of carboxylic acid groups (broad SMARTS) is 2. The summed E-state index contributed by atoms with van der Waals surface area (Å²) in [6.07, 6.45) is 0. The predicted molar refractivity (Wildman–Crippen MR) is 332 cm³/mol. The Bertz CT molecular complexity index is 3110. The van der Waals surface area contributed by atoms with Crippen molar-refractivity contribution in [3.05, 3.63) is 187 Å². The second-order valence-electron chi connectivity index (χ2n) is 17.6. The zero-order valence-corrected chi connectivity index (χ0v) is 50.8. The summed E-state index contributed by atoms with van der Waals surface area (Å²) in [7, 11) is 3.01. The van der Waals surface area contributed by atoms with Crippen LogP contribution in [0.5, 0.6) is 0 Å². The first-order chi connectivity index (χ1) is 40.4. The molecule has 6 aromatic rings. The molecular formula is C58H63Cl6N9O12. The van der Waals surface area contributed by atoms with Crippen LogP contribution in [0.25, 0.3) is 0 Å². The van der Waals surface area contributed by atoms with Gasteiger partial charge in [0.2, 0.25) is 23.6 Å². The van der Waals surface area contributed by atoms with E-state index in [-0.39, 0.29) is 94.6 Å².